The van der Waals surface area contributed by atoms with Gasteiger partial charge >= 0.3 is 12.1 Å². The lowest BCUT2D eigenvalue weighted by molar-refractivity contribution is -0.610. The van der Waals surface area contributed by atoms with Gasteiger partial charge in [0, 0.05) is 17.4 Å². The molecule has 150 valence electrons. The average molecular weight is 429 g/mol. The lowest BCUT2D eigenvalue weighted by Gasteiger charge is -2.12. The standard InChI is InChI=1S/C19H21F3N3OS2/c1-4-9-27-28-11-16-12(2)17(26-3)7-8-25(16)18-23-14-6-5-13(19(20,21)22)10-15(14)24-18/h5-8,10H,4,9,11H2,1-3H3,(H,23,24)/q+1. The second-order valence-electron chi connectivity index (χ2n) is 6.20. The van der Waals surface area contributed by atoms with E-state index in [0.717, 1.165) is 47.1 Å². The number of imidazole rings is 1. The summed E-state index contributed by atoms with van der Waals surface area (Å²) in [6, 6.07) is 5.36. The summed E-state index contributed by atoms with van der Waals surface area (Å²) < 4.78 is 46.3. The summed E-state index contributed by atoms with van der Waals surface area (Å²) in [7, 11) is 5.15. The average Bonchev–Trinajstić information content (AvgIpc) is 3.08. The van der Waals surface area contributed by atoms with Gasteiger partial charge in [-0.3, -0.25) is 0 Å². The SMILES string of the molecule is CCCSSCc1c(C)c(OC)cc[n+]1-c1nc2ccc(C(F)(F)F)cc2[nH]1. The van der Waals surface area contributed by atoms with E-state index in [1.165, 1.54) is 6.07 Å². The second-order valence-corrected chi connectivity index (χ2v) is 8.78. The van der Waals surface area contributed by atoms with E-state index in [9.17, 15) is 13.2 Å². The number of nitrogens with zero attached hydrogens (tertiary/aromatic N) is 2. The molecule has 0 aliphatic heterocycles. The predicted molar refractivity (Wildman–Crippen MR) is 108 cm³/mol. The number of methoxy groups -OCH3 is 1. The largest absolute Gasteiger partial charge is 0.496 e. The Balaban J connectivity index is 2.03. The van der Waals surface area contributed by atoms with Crippen LogP contribution in [0.1, 0.15) is 30.2 Å². The van der Waals surface area contributed by atoms with E-state index < -0.39 is 11.7 Å². The molecule has 0 radical (unpaired) electrons. The van der Waals surface area contributed by atoms with Crippen LogP contribution < -0.4 is 9.30 Å². The maximum Gasteiger partial charge on any atom is 0.416 e. The van der Waals surface area contributed by atoms with Crippen molar-refractivity contribution >= 4 is 32.6 Å². The van der Waals surface area contributed by atoms with Crippen molar-refractivity contribution in [2.75, 3.05) is 12.9 Å². The molecule has 0 saturated carbocycles. The fourth-order valence-electron chi connectivity index (χ4n) is 2.80. The molecule has 1 aromatic carbocycles. The summed E-state index contributed by atoms with van der Waals surface area (Å²) in [5.41, 5.74) is 2.11. The molecule has 0 aliphatic rings. The van der Waals surface area contributed by atoms with Crippen LogP contribution in [0.2, 0.25) is 0 Å². The monoisotopic (exact) mass is 428 g/mol. The third-order valence-electron chi connectivity index (χ3n) is 4.28. The van der Waals surface area contributed by atoms with Gasteiger partial charge in [-0.2, -0.15) is 13.2 Å². The minimum atomic E-state index is -4.39. The van der Waals surface area contributed by atoms with Crippen molar-refractivity contribution < 1.29 is 22.5 Å². The zero-order valence-electron chi connectivity index (χ0n) is 15.8. The maximum absolute atomic E-state index is 13.0. The second kappa shape index (κ2) is 8.65. The topological polar surface area (TPSA) is 41.8 Å². The third kappa shape index (κ3) is 4.41. The van der Waals surface area contributed by atoms with Gasteiger partial charge < -0.3 is 4.74 Å². The number of ether oxygens (including phenoxy) is 1. The molecule has 1 N–H and O–H groups in total. The van der Waals surface area contributed by atoms with Gasteiger partial charge in [0.25, 0.3) is 0 Å². The van der Waals surface area contributed by atoms with Crippen molar-refractivity contribution in [2.45, 2.75) is 32.2 Å². The van der Waals surface area contributed by atoms with Crippen molar-refractivity contribution in [1.82, 2.24) is 9.97 Å². The van der Waals surface area contributed by atoms with Crippen LogP contribution in [0.3, 0.4) is 0 Å². The van der Waals surface area contributed by atoms with Crippen LogP contribution in [0.15, 0.2) is 30.5 Å². The van der Waals surface area contributed by atoms with E-state index in [2.05, 4.69) is 16.9 Å². The third-order valence-corrected chi connectivity index (χ3v) is 6.77. The van der Waals surface area contributed by atoms with Gasteiger partial charge in [-0.25, -0.2) is 9.55 Å². The minimum Gasteiger partial charge on any atom is -0.496 e. The van der Waals surface area contributed by atoms with Crippen molar-refractivity contribution in [1.29, 1.82) is 0 Å². The molecule has 9 heteroatoms. The fraction of sp³-hybridized carbons (Fsp3) is 0.368. The number of hydrogen-bond acceptors (Lipinski definition) is 4. The molecule has 2 heterocycles. The summed E-state index contributed by atoms with van der Waals surface area (Å²) >= 11 is 0. The van der Waals surface area contributed by atoms with Gasteiger partial charge in [-0.05, 0) is 31.5 Å². The van der Waals surface area contributed by atoms with Crippen LogP contribution in [-0.4, -0.2) is 22.8 Å². The Bertz CT molecular complexity index is 973. The highest BCUT2D eigenvalue weighted by Crippen LogP contribution is 2.32. The molecule has 0 unspecified atom stereocenters. The van der Waals surface area contributed by atoms with Crippen LogP contribution in [0, 0.1) is 6.92 Å². The number of aromatic amines is 1. The zero-order valence-corrected chi connectivity index (χ0v) is 17.4. The quantitative estimate of drug-likeness (QED) is 0.308. The molecule has 0 amide bonds. The maximum atomic E-state index is 13.0. The van der Waals surface area contributed by atoms with Crippen molar-refractivity contribution in [3.8, 4) is 11.7 Å². The summed E-state index contributed by atoms with van der Waals surface area (Å²) in [5.74, 6) is 3.02. The van der Waals surface area contributed by atoms with E-state index in [1.807, 2.05) is 23.8 Å². The van der Waals surface area contributed by atoms with E-state index in [1.54, 1.807) is 28.7 Å². The minimum absolute atomic E-state index is 0.352. The van der Waals surface area contributed by atoms with Crippen LogP contribution >= 0.6 is 21.6 Å². The summed E-state index contributed by atoms with van der Waals surface area (Å²) in [6.45, 7) is 4.11. The van der Waals surface area contributed by atoms with E-state index in [4.69, 9.17) is 4.74 Å². The van der Waals surface area contributed by atoms with Crippen LogP contribution in [-0.2, 0) is 11.9 Å². The fourth-order valence-corrected chi connectivity index (χ4v) is 5.08. The molecule has 28 heavy (non-hydrogen) atoms. The first kappa shape index (κ1) is 20.9. The van der Waals surface area contributed by atoms with Gasteiger partial charge in [0.2, 0.25) is 0 Å². The first-order chi connectivity index (χ1) is 13.3. The number of benzene rings is 1. The number of fused-ring (bicyclic) bond motifs is 1. The number of pyridine rings is 1. The van der Waals surface area contributed by atoms with E-state index in [-0.39, 0.29) is 0 Å². The molecule has 0 fully saturated rings. The normalized spacial score (nSPS) is 11.9. The Labute approximate surface area is 169 Å². The smallest absolute Gasteiger partial charge is 0.416 e. The number of aromatic nitrogens is 3. The Morgan fingerprint density at radius 3 is 2.68 bits per heavy atom. The molecule has 0 bridgehead atoms. The highest BCUT2D eigenvalue weighted by molar-refractivity contribution is 8.76. The van der Waals surface area contributed by atoms with Gasteiger partial charge in [0.1, 0.15) is 17.0 Å². The lowest BCUT2D eigenvalue weighted by atomic mass is 10.2. The van der Waals surface area contributed by atoms with Gasteiger partial charge in [-0.1, -0.05) is 33.5 Å². The number of hydrogen-bond donors (Lipinski definition) is 1. The molecule has 3 rings (SSSR count). The zero-order chi connectivity index (χ0) is 20.3. The van der Waals surface area contributed by atoms with Crippen LogP contribution in [0.4, 0.5) is 13.2 Å². The summed E-state index contributed by atoms with van der Waals surface area (Å²) in [6.07, 6.45) is -1.46. The summed E-state index contributed by atoms with van der Waals surface area (Å²) in [4.78, 5) is 7.52. The van der Waals surface area contributed by atoms with Crippen LogP contribution in [0.25, 0.3) is 17.0 Å². The molecule has 0 atom stereocenters. The van der Waals surface area contributed by atoms with Crippen molar-refractivity contribution in [3.05, 3.63) is 47.3 Å². The Morgan fingerprint density at radius 1 is 1.21 bits per heavy atom. The highest BCUT2D eigenvalue weighted by Gasteiger charge is 2.31. The molecule has 4 nitrogen and oxygen atoms in total. The Kier molecular flexibility index (Phi) is 6.44. The number of rotatable bonds is 7. The molecule has 0 aliphatic carbocycles. The summed E-state index contributed by atoms with van der Waals surface area (Å²) in [5, 5.41) is 0. The Morgan fingerprint density at radius 2 is 2.00 bits per heavy atom. The van der Waals surface area contributed by atoms with E-state index in [0.29, 0.717) is 17.0 Å². The van der Waals surface area contributed by atoms with Gasteiger partial charge in [0.15, 0.2) is 5.52 Å². The molecule has 3 aromatic rings. The number of alkyl halides is 3. The number of halogens is 3. The molecule has 2 aromatic heterocycles. The molecular weight excluding hydrogens is 407 g/mol. The highest BCUT2D eigenvalue weighted by atomic mass is 33.1. The van der Waals surface area contributed by atoms with Gasteiger partial charge in [-0.15, -0.1) is 0 Å². The molecule has 0 saturated heterocycles. The first-order valence-electron chi connectivity index (χ1n) is 8.75. The van der Waals surface area contributed by atoms with E-state index >= 15 is 0 Å². The van der Waals surface area contributed by atoms with Gasteiger partial charge in [0.05, 0.1) is 24.6 Å². The molecule has 0 spiro atoms. The Hall–Kier alpha value is -1.87. The van der Waals surface area contributed by atoms with Crippen molar-refractivity contribution in [2.24, 2.45) is 0 Å². The van der Waals surface area contributed by atoms with Crippen molar-refractivity contribution in [3.63, 3.8) is 0 Å². The number of nitrogens with one attached hydrogen (secondary N) is 1. The van der Waals surface area contributed by atoms with Crippen LogP contribution in [0.5, 0.6) is 5.75 Å². The number of H-pyrrole nitrogens is 1. The predicted octanol–water partition coefficient (Wildman–Crippen LogP) is 5.47. The molecular formula is C19H21F3N3OS2+. The lowest BCUT2D eigenvalue weighted by Crippen LogP contribution is -2.37. The first-order valence-corrected chi connectivity index (χ1v) is 11.2.